The van der Waals surface area contributed by atoms with E-state index in [1.807, 2.05) is 0 Å². The molecule has 0 spiro atoms. The number of carbonyl (C=O) groups excluding carboxylic acids is 1. The second-order valence-electron chi connectivity index (χ2n) is 4.24. The number of anilines is 2. The van der Waals surface area contributed by atoms with Crippen molar-refractivity contribution < 1.29 is 4.79 Å². The Bertz CT molecular complexity index is 858. The molecule has 0 radical (unpaired) electrons. The number of carbonyl (C=O) groups is 1. The highest BCUT2D eigenvalue weighted by Crippen LogP contribution is 2.35. The predicted molar refractivity (Wildman–Crippen MR) is 83.1 cm³/mol. The molecular weight excluding hydrogens is 335 g/mol. The van der Waals surface area contributed by atoms with E-state index >= 15 is 0 Å². The Labute approximate surface area is 132 Å². The lowest BCUT2D eigenvalue weighted by Crippen LogP contribution is -2.15. The molecule has 0 fully saturated rings. The Kier molecular flexibility index (Phi) is 3.44. The minimum Gasteiger partial charge on any atom is -0.395 e. The van der Waals surface area contributed by atoms with Crippen molar-refractivity contribution in [2.24, 2.45) is 0 Å². The molecule has 1 aromatic carbocycles. The zero-order valence-corrected chi connectivity index (χ0v) is 12.9. The van der Waals surface area contributed by atoms with E-state index in [1.54, 1.807) is 6.92 Å². The van der Waals surface area contributed by atoms with E-state index in [4.69, 9.17) is 28.9 Å². The summed E-state index contributed by atoms with van der Waals surface area (Å²) in [5.74, 6) is -0.490. The average molecular weight is 343 g/mol. The first kappa shape index (κ1) is 14.1. The molecule has 2 aromatic heterocycles. The summed E-state index contributed by atoms with van der Waals surface area (Å²) >= 11 is 13.1. The van der Waals surface area contributed by atoms with Gasteiger partial charge >= 0.3 is 0 Å². The van der Waals surface area contributed by atoms with Gasteiger partial charge in [0.2, 0.25) is 0 Å². The normalized spacial score (nSPS) is 11.0. The number of nitrogen functional groups attached to an aromatic ring is 1. The van der Waals surface area contributed by atoms with E-state index in [2.05, 4.69) is 24.3 Å². The molecule has 0 unspecified atom stereocenters. The first-order valence-electron chi connectivity index (χ1n) is 5.71. The number of H-pyrrole nitrogens is 1. The number of benzene rings is 1. The highest BCUT2D eigenvalue weighted by atomic mass is 35.5. The Morgan fingerprint density at radius 3 is 2.71 bits per heavy atom. The Hall–Kier alpha value is -1.90. The van der Waals surface area contributed by atoms with Crippen molar-refractivity contribution in [1.29, 1.82) is 0 Å². The number of hydrogen-bond donors (Lipinski definition) is 3. The number of hydrogen-bond acceptors (Lipinski definition) is 6. The average Bonchev–Trinajstić information content (AvgIpc) is 3.03. The molecule has 21 heavy (non-hydrogen) atoms. The summed E-state index contributed by atoms with van der Waals surface area (Å²) in [5, 5.41) is 9.79. The van der Waals surface area contributed by atoms with Gasteiger partial charge in [-0.2, -0.15) is 13.8 Å². The Morgan fingerprint density at radius 2 is 2.05 bits per heavy atom. The molecule has 2 heterocycles. The van der Waals surface area contributed by atoms with E-state index < -0.39 is 5.91 Å². The Morgan fingerprint density at radius 1 is 1.33 bits per heavy atom. The summed E-state index contributed by atoms with van der Waals surface area (Å²) in [7, 11) is 0. The SMILES string of the molecule is Cc1[nH]nc(C(=O)Nc2c(Cl)cc(Cl)c3nsnc23)c1N. The van der Waals surface area contributed by atoms with Crippen LogP contribution in [0.1, 0.15) is 16.2 Å². The second kappa shape index (κ2) is 5.14. The van der Waals surface area contributed by atoms with Crippen molar-refractivity contribution in [3.63, 3.8) is 0 Å². The molecule has 0 aliphatic rings. The topological polar surface area (TPSA) is 110 Å². The van der Waals surface area contributed by atoms with Crippen LogP contribution in [0.3, 0.4) is 0 Å². The lowest BCUT2D eigenvalue weighted by Gasteiger charge is -2.07. The minimum atomic E-state index is -0.490. The number of fused-ring (bicyclic) bond motifs is 1. The van der Waals surface area contributed by atoms with Crippen LogP contribution in [0.25, 0.3) is 11.0 Å². The molecule has 0 saturated heterocycles. The van der Waals surface area contributed by atoms with E-state index in [-0.39, 0.29) is 16.4 Å². The maximum Gasteiger partial charge on any atom is 0.278 e. The van der Waals surface area contributed by atoms with Crippen molar-refractivity contribution in [1.82, 2.24) is 18.9 Å². The van der Waals surface area contributed by atoms with Crippen LogP contribution in [0, 0.1) is 6.92 Å². The minimum absolute atomic E-state index is 0.0925. The van der Waals surface area contributed by atoms with Crippen molar-refractivity contribution in [3.8, 4) is 0 Å². The molecule has 7 nitrogen and oxygen atoms in total. The zero-order chi connectivity index (χ0) is 15.1. The third-order valence-electron chi connectivity index (χ3n) is 2.89. The number of nitrogens with zero attached hydrogens (tertiary/aromatic N) is 3. The monoisotopic (exact) mass is 342 g/mol. The van der Waals surface area contributed by atoms with Crippen LogP contribution < -0.4 is 11.1 Å². The van der Waals surface area contributed by atoms with Crippen molar-refractivity contribution in [3.05, 3.63) is 27.5 Å². The standard InChI is InChI=1S/C11H8Cl2N6OS/c1-3-6(14)9(17-16-3)11(20)15-7-4(12)2-5(13)8-10(7)19-21-18-8/h2H,14H2,1H3,(H,15,20)(H,16,17). The fourth-order valence-electron chi connectivity index (χ4n) is 1.78. The van der Waals surface area contributed by atoms with Gasteiger partial charge in [-0.3, -0.25) is 9.89 Å². The third-order valence-corrected chi connectivity index (χ3v) is 4.01. The predicted octanol–water partition coefficient (Wildman–Crippen LogP) is 2.86. The first-order chi connectivity index (χ1) is 9.99. The lowest BCUT2D eigenvalue weighted by atomic mass is 10.2. The van der Waals surface area contributed by atoms with E-state index in [0.717, 1.165) is 11.7 Å². The fraction of sp³-hybridized carbons (Fsp3) is 0.0909. The van der Waals surface area contributed by atoms with Crippen LogP contribution in [0.4, 0.5) is 11.4 Å². The number of aromatic nitrogens is 4. The molecular formula is C11H8Cl2N6OS. The largest absolute Gasteiger partial charge is 0.395 e. The highest BCUT2D eigenvalue weighted by Gasteiger charge is 2.20. The van der Waals surface area contributed by atoms with Gasteiger partial charge in [0, 0.05) is 0 Å². The Balaban J connectivity index is 2.04. The van der Waals surface area contributed by atoms with Gasteiger partial charge in [0.1, 0.15) is 11.0 Å². The number of aryl methyl sites for hydroxylation is 1. The summed E-state index contributed by atoms with van der Waals surface area (Å²) < 4.78 is 8.17. The van der Waals surface area contributed by atoms with Crippen LogP contribution in [0.15, 0.2) is 6.07 Å². The molecule has 0 atom stereocenters. The van der Waals surface area contributed by atoms with Gasteiger partial charge in [-0.15, -0.1) is 0 Å². The number of aromatic amines is 1. The number of nitrogens with one attached hydrogen (secondary N) is 2. The summed E-state index contributed by atoms with van der Waals surface area (Å²) in [6.45, 7) is 1.72. The van der Waals surface area contributed by atoms with Crippen LogP contribution in [0.5, 0.6) is 0 Å². The van der Waals surface area contributed by atoms with Crippen LogP contribution in [0.2, 0.25) is 10.0 Å². The summed E-state index contributed by atoms with van der Waals surface area (Å²) in [4.78, 5) is 12.2. The molecule has 10 heteroatoms. The fourth-order valence-corrected chi connectivity index (χ4v) is 2.94. The summed E-state index contributed by atoms with van der Waals surface area (Å²) in [5.41, 5.74) is 8.00. The van der Waals surface area contributed by atoms with E-state index in [1.165, 1.54) is 6.07 Å². The van der Waals surface area contributed by atoms with Crippen molar-refractivity contribution in [2.75, 3.05) is 11.1 Å². The molecule has 108 valence electrons. The third kappa shape index (κ3) is 2.31. The van der Waals surface area contributed by atoms with Crippen LogP contribution in [-0.2, 0) is 0 Å². The van der Waals surface area contributed by atoms with Crippen LogP contribution >= 0.6 is 34.9 Å². The molecule has 3 aromatic rings. The number of amides is 1. The smallest absolute Gasteiger partial charge is 0.278 e. The number of halogens is 2. The van der Waals surface area contributed by atoms with Crippen LogP contribution in [-0.4, -0.2) is 24.9 Å². The maximum atomic E-state index is 12.2. The van der Waals surface area contributed by atoms with E-state index in [0.29, 0.717) is 27.4 Å². The van der Waals surface area contributed by atoms with Gasteiger partial charge in [0.05, 0.1) is 38.8 Å². The lowest BCUT2D eigenvalue weighted by molar-refractivity contribution is 0.102. The summed E-state index contributed by atoms with van der Waals surface area (Å²) in [6.07, 6.45) is 0. The molecule has 0 aliphatic carbocycles. The van der Waals surface area contributed by atoms with Gasteiger partial charge in [-0.05, 0) is 13.0 Å². The molecule has 3 rings (SSSR count). The molecule has 0 saturated carbocycles. The summed E-state index contributed by atoms with van der Waals surface area (Å²) in [6, 6.07) is 1.50. The van der Waals surface area contributed by atoms with E-state index in [9.17, 15) is 4.79 Å². The first-order valence-corrected chi connectivity index (χ1v) is 7.19. The van der Waals surface area contributed by atoms with Gasteiger partial charge in [0.25, 0.3) is 5.91 Å². The van der Waals surface area contributed by atoms with Gasteiger partial charge < -0.3 is 11.1 Å². The van der Waals surface area contributed by atoms with Crippen molar-refractivity contribution in [2.45, 2.75) is 6.92 Å². The quantitative estimate of drug-likeness (QED) is 0.663. The maximum absolute atomic E-state index is 12.2. The second-order valence-corrected chi connectivity index (χ2v) is 5.58. The number of rotatable bonds is 2. The molecule has 4 N–H and O–H groups in total. The van der Waals surface area contributed by atoms with Gasteiger partial charge in [-0.25, -0.2) is 0 Å². The zero-order valence-electron chi connectivity index (χ0n) is 10.6. The molecule has 1 amide bonds. The van der Waals surface area contributed by atoms with Gasteiger partial charge in [-0.1, -0.05) is 23.2 Å². The van der Waals surface area contributed by atoms with Gasteiger partial charge in [0.15, 0.2) is 5.69 Å². The molecule has 0 bridgehead atoms. The number of nitrogens with two attached hydrogens (primary N) is 1. The van der Waals surface area contributed by atoms with Crippen molar-refractivity contribution >= 4 is 63.2 Å². The highest BCUT2D eigenvalue weighted by molar-refractivity contribution is 7.00. The molecule has 0 aliphatic heterocycles.